The summed E-state index contributed by atoms with van der Waals surface area (Å²) in [6.45, 7) is 2.36. The molecule has 0 radical (unpaired) electrons. The molecule has 1 aliphatic rings. The van der Waals surface area contributed by atoms with Gasteiger partial charge in [0.25, 0.3) is 0 Å². The Kier molecular flexibility index (Phi) is 16.0. The van der Waals surface area contributed by atoms with Gasteiger partial charge in [0, 0.05) is 44.8 Å². The average molecular weight is 600 g/mol. The van der Waals surface area contributed by atoms with Crippen LogP contribution in [0.4, 0.5) is 0 Å². The normalized spacial score (nSPS) is 19.3. The highest BCUT2D eigenvalue weighted by atomic mass is 16.7. The van der Waals surface area contributed by atoms with Crippen LogP contribution in [0, 0.1) is 0 Å². The fourth-order valence-corrected chi connectivity index (χ4v) is 4.59. The second-order valence-electron chi connectivity index (χ2n) is 10.4. The molecular weight excluding hydrogens is 558 g/mol. The number of unbranched alkanes of at least 4 members (excludes halogenated alkanes) is 4. The highest BCUT2D eigenvalue weighted by molar-refractivity contribution is 5.95. The molecule has 1 aliphatic heterocycles. The summed E-state index contributed by atoms with van der Waals surface area (Å²) in [5.74, 6) is 0.543. The quantitative estimate of drug-likeness (QED) is 0.193. The molecule has 11 nitrogen and oxygen atoms in total. The molecule has 234 valence electrons. The molecule has 0 aromatic heterocycles. The first kappa shape index (κ1) is 35.5. The van der Waals surface area contributed by atoms with Gasteiger partial charge in [0.1, 0.15) is 29.8 Å². The third kappa shape index (κ3) is 13.0. The first-order chi connectivity index (χ1) is 20.7. The SMILES string of the molecule is CC(=O)N(CCCCCCCC(=O)c1ccccc1)CCC(=O)Cc1ccc(OC2OCC(O)C(O)C2O)cc1.O=C=O. The van der Waals surface area contributed by atoms with Crippen LogP contribution in [0.1, 0.15) is 67.8 Å². The standard InChI is InChI=1S/C31H41NO8.CO2/c1-22(33)32(18-9-4-2-3-8-12-27(35)24-10-6-5-7-11-24)19-17-25(34)20-23-13-15-26(16-14-23)40-31-30(38)29(37)28(36)21-39-31;2-1-3/h5-7,10-11,13-16,28-31,36-38H,2-4,8-9,12,17-21H2,1H3;. The maximum Gasteiger partial charge on any atom is 0.373 e. The number of Topliss-reactive ketones (excluding diaryl/α,β-unsaturated/α-hetero) is 2. The minimum atomic E-state index is -1.38. The summed E-state index contributed by atoms with van der Waals surface area (Å²) in [6.07, 6.45) is 0.930. The first-order valence-corrected chi connectivity index (χ1v) is 14.4. The number of nitrogens with zero attached hydrogens (tertiary/aromatic N) is 1. The number of benzene rings is 2. The van der Waals surface area contributed by atoms with E-state index in [2.05, 4.69) is 0 Å². The Hall–Kier alpha value is -3.73. The second kappa shape index (κ2) is 19.5. The van der Waals surface area contributed by atoms with Crippen molar-refractivity contribution in [1.82, 2.24) is 4.90 Å². The van der Waals surface area contributed by atoms with Crippen LogP contribution in [0.25, 0.3) is 0 Å². The Balaban J connectivity index is 0.00000206. The molecule has 2 aromatic rings. The summed E-state index contributed by atoms with van der Waals surface area (Å²) >= 11 is 0. The molecule has 1 saturated heterocycles. The zero-order valence-corrected chi connectivity index (χ0v) is 24.4. The van der Waals surface area contributed by atoms with E-state index in [1.165, 1.54) is 6.92 Å². The minimum absolute atomic E-state index is 0.0196. The molecule has 0 spiro atoms. The third-order valence-corrected chi connectivity index (χ3v) is 7.06. The Bertz CT molecular complexity index is 1160. The highest BCUT2D eigenvalue weighted by Gasteiger charge is 2.39. The van der Waals surface area contributed by atoms with Crippen molar-refractivity contribution >= 4 is 23.6 Å². The van der Waals surface area contributed by atoms with E-state index in [9.17, 15) is 29.7 Å². The molecule has 4 unspecified atom stereocenters. The van der Waals surface area contributed by atoms with Crippen LogP contribution in [-0.2, 0) is 30.3 Å². The molecule has 1 fully saturated rings. The summed E-state index contributed by atoms with van der Waals surface area (Å²) in [7, 11) is 0. The number of aliphatic hydroxyl groups excluding tert-OH is 3. The van der Waals surface area contributed by atoms with Crippen molar-refractivity contribution in [3.8, 4) is 5.75 Å². The van der Waals surface area contributed by atoms with Gasteiger partial charge in [0.05, 0.1) is 6.61 Å². The lowest BCUT2D eigenvalue weighted by atomic mass is 10.0. The largest absolute Gasteiger partial charge is 0.462 e. The van der Waals surface area contributed by atoms with E-state index in [1.54, 1.807) is 29.2 Å². The zero-order chi connectivity index (χ0) is 31.6. The maximum atomic E-state index is 12.6. The summed E-state index contributed by atoms with van der Waals surface area (Å²) in [6, 6.07) is 16.1. The second-order valence-corrected chi connectivity index (χ2v) is 10.4. The number of aliphatic hydroxyl groups is 3. The van der Waals surface area contributed by atoms with E-state index >= 15 is 0 Å². The molecule has 1 amide bonds. The van der Waals surface area contributed by atoms with Gasteiger partial charge in [-0.1, -0.05) is 61.7 Å². The summed E-state index contributed by atoms with van der Waals surface area (Å²) in [5, 5.41) is 29.3. The topological polar surface area (TPSA) is 168 Å². The monoisotopic (exact) mass is 599 g/mol. The van der Waals surface area contributed by atoms with E-state index in [-0.39, 0.29) is 43.1 Å². The van der Waals surface area contributed by atoms with Crippen LogP contribution in [0.5, 0.6) is 5.75 Å². The van der Waals surface area contributed by atoms with Crippen molar-refractivity contribution in [3.63, 3.8) is 0 Å². The van der Waals surface area contributed by atoms with Gasteiger partial charge >= 0.3 is 6.15 Å². The van der Waals surface area contributed by atoms with Crippen molar-refractivity contribution in [2.24, 2.45) is 0 Å². The number of ketones is 2. The third-order valence-electron chi connectivity index (χ3n) is 7.06. The Labute approximate surface area is 251 Å². The Morgan fingerprint density at radius 1 is 0.860 bits per heavy atom. The highest BCUT2D eigenvalue weighted by Crippen LogP contribution is 2.21. The zero-order valence-electron chi connectivity index (χ0n) is 24.4. The van der Waals surface area contributed by atoms with Crippen molar-refractivity contribution < 1.29 is 48.8 Å². The molecular formula is C32H41NO10. The number of rotatable bonds is 16. The number of hydrogen-bond acceptors (Lipinski definition) is 10. The summed E-state index contributed by atoms with van der Waals surface area (Å²) in [4.78, 5) is 54.7. The van der Waals surface area contributed by atoms with Gasteiger partial charge in [-0.05, 0) is 30.5 Å². The summed E-state index contributed by atoms with van der Waals surface area (Å²) < 4.78 is 10.8. The van der Waals surface area contributed by atoms with Gasteiger partial charge in [-0.2, -0.15) is 9.59 Å². The van der Waals surface area contributed by atoms with Crippen molar-refractivity contribution in [2.45, 2.75) is 82.9 Å². The molecule has 1 heterocycles. The number of hydrogen-bond donors (Lipinski definition) is 3. The molecule has 0 aliphatic carbocycles. The van der Waals surface area contributed by atoms with Gasteiger partial charge in [0.2, 0.25) is 12.2 Å². The van der Waals surface area contributed by atoms with Gasteiger partial charge in [-0.15, -0.1) is 0 Å². The number of amides is 1. The van der Waals surface area contributed by atoms with Crippen molar-refractivity contribution in [1.29, 1.82) is 0 Å². The van der Waals surface area contributed by atoms with Crippen LogP contribution in [-0.4, -0.2) is 88.1 Å². The predicted octanol–water partition coefficient (Wildman–Crippen LogP) is 2.49. The van der Waals surface area contributed by atoms with E-state index < -0.39 is 24.6 Å². The van der Waals surface area contributed by atoms with Crippen LogP contribution < -0.4 is 4.74 Å². The number of carbonyl (C=O) groups excluding carboxylic acids is 5. The molecule has 0 bridgehead atoms. The number of carbonyl (C=O) groups is 3. The molecule has 0 saturated carbocycles. The maximum absolute atomic E-state index is 12.6. The van der Waals surface area contributed by atoms with Crippen LogP contribution in [0.3, 0.4) is 0 Å². The fraction of sp³-hybridized carbons (Fsp3) is 0.500. The Morgan fingerprint density at radius 2 is 1.49 bits per heavy atom. The van der Waals surface area contributed by atoms with Gasteiger partial charge < -0.3 is 29.7 Å². The molecule has 3 rings (SSSR count). The Morgan fingerprint density at radius 3 is 2.14 bits per heavy atom. The predicted molar refractivity (Wildman–Crippen MR) is 154 cm³/mol. The molecule has 43 heavy (non-hydrogen) atoms. The lowest BCUT2D eigenvalue weighted by molar-refractivity contribution is -0.242. The fourth-order valence-electron chi connectivity index (χ4n) is 4.59. The van der Waals surface area contributed by atoms with Gasteiger partial charge in [0.15, 0.2) is 5.78 Å². The van der Waals surface area contributed by atoms with E-state index in [1.807, 2.05) is 30.3 Å². The van der Waals surface area contributed by atoms with E-state index in [0.717, 1.165) is 43.2 Å². The average Bonchev–Trinajstić information content (AvgIpc) is 3.00. The molecule has 11 heteroatoms. The minimum Gasteiger partial charge on any atom is -0.462 e. The lowest BCUT2D eigenvalue weighted by Crippen LogP contribution is -2.54. The lowest BCUT2D eigenvalue weighted by Gasteiger charge is -2.34. The van der Waals surface area contributed by atoms with Crippen LogP contribution >= 0.6 is 0 Å². The number of ether oxygens (including phenoxy) is 2. The van der Waals surface area contributed by atoms with E-state index in [4.69, 9.17) is 19.1 Å². The van der Waals surface area contributed by atoms with Crippen LogP contribution in [0.2, 0.25) is 0 Å². The molecule has 4 atom stereocenters. The molecule has 2 aromatic carbocycles. The van der Waals surface area contributed by atoms with E-state index in [0.29, 0.717) is 25.3 Å². The molecule has 3 N–H and O–H groups in total. The summed E-state index contributed by atoms with van der Waals surface area (Å²) in [5.41, 5.74) is 1.55. The smallest absolute Gasteiger partial charge is 0.373 e. The first-order valence-electron chi connectivity index (χ1n) is 14.4. The van der Waals surface area contributed by atoms with Gasteiger partial charge in [-0.3, -0.25) is 14.4 Å². The van der Waals surface area contributed by atoms with Crippen molar-refractivity contribution in [2.75, 3.05) is 19.7 Å². The van der Waals surface area contributed by atoms with Crippen LogP contribution in [0.15, 0.2) is 54.6 Å². The van der Waals surface area contributed by atoms with Crippen molar-refractivity contribution in [3.05, 3.63) is 65.7 Å². The van der Waals surface area contributed by atoms with Gasteiger partial charge in [-0.25, -0.2) is 0 Å².